The zero-order chi connectivity index (χ0) is 19.1. The quantitative estimate of drug-likeness (QED) is 0.409. The molecule has 2 N–H and O–H groups in total. The van der Waals surface area contributed by atoms with Crippen molar-refractivity contribution in [2.45, 2.75) is 20.3 Å². The number of hydrogen-bond donors (Lipinski definition) is 2. The number of rotatable bonds is 8. The summed E-state index contributed by atoms with van der Waals surface area (Å²) < 4.78 is 1.45. The fourth-order valence-corrected chi connectivity index (χ4v) is 3.06. The Labute approximate surface area is 162 Å². The van der Waals surface area contributed by atoms with Crippen LogP contribution in [0.1, 0.15) is 25.8 Å². The lowest BCUT2D eigenvalue weighted by atomic mass is 10.3. The third-order valence-electron chi connectivity index (χ3n) is 4.06. The SMILES string of the molecule is CCN(CC)CCCN=Cc1c(O)n(-c2cccc(Cl)c2)c(=S)[nH]c1=O. The van der Waals surface area contributed by atoms with Crippen LogP contribution in [-0.4, -0.2) is 52.0 Å². The van der Waals surface area contributed by atoms with E-state index in [4.69, 9.17) is 23.8 Å². The van der Waals surface area contributed by atoms with Crippen molar-refractivity contribution in [3.05, 3.63) is 50.0 Å². The zero-order valence-corrected chi connectivity index (χ0v) is 16.5. The molecule has 0 aliphatic carbocycles. The first-order valence-corrected chi connectivity index (χ1v) is 9.33. The molecule has 0 aliphatic heterocycles. The van der Waals surface area contributed by atoms with Crippen LogP contribution in [-0.2, 0) is 0 Å². The second-order valence-electron chi connectivity index (χ2n) is 5.73. The van der Waals surface area contributed by atoms with Gasteiger partial charge >= 0.3 is 0 Å². The second-order valence-corrected chi connectivity index (χ2v) is 6.55. The van der Waals surface area contributed by atoms with Crippen LogP contribution in [0.2, 0.25) is 5.02 Å². The minimum atomic E-state index is -0.474. The normalized spacial score (nSPS) is 11.5. The van der Waals surface area contributed by atoms with Gasteiger partial charge in [0.1, 0.15) is 5.56 Å². The number of nitrogens with zero attached hydrogens (tertiary/aromatic N) is 3. The molecule has 0 unspecified atom stereocenters. The highest BCUT2D eigenvalue weighted by Gasteiger charge is 2.12. The number of nitrogens with one attached hydrogen (secondary N) is 1. The Kier molecular flexibility index (Phi) is 7.56. The zero-order valence-electron chi connectivity index (χ0n) is 14.9. The number of hydrogen-bond acceptors (Lipinski definition) is 5. The highest BCUT2D eigenvalue weighted by atomic mass is 35.5. The van der Waals surface area contributed by atoms with Crippen LogP contribution in [0.4, 0.5) is 0 Å². The van der Waals surface area contributed by atoms with Gasteiger partial charge in [-0.1, -0.05) is 31.5 Å². The van der Waals surface area contributed by atoms with Gasteiger partial charge in [-0.05, 0) is 56.5 Å². The summed E-state index contributed by atoms with van der Waals surface area (Å²) in [7, 11) is 0. The topological polar surface area (TPSA) is 73.6 Å². The maximum absolute atomic E-state index is 12.2. The number of benzene rings is 1. The lowest BCUT2D eigenvalue weighted by Crippen LogP contribution is -2.24. The minimum Gasteiger partial charge on any atom is -0.494 e. The van der Waals surface area contributed by atoms with Crippen molar-refractivity contribution in [3.8, 4) is 11.6 Å². The molecule has 0 fully saturated rings. The number of H-pyrrole nitrogens is 1. The maximum atomic E-state index is 12.2. The summed E-state index contributed by atoms with van der Waals surface area (Å²) in [5.74, 6) is -0.256. The van der Waals surface area contributed by atoms with E-state index < -0.39 is 5.56 Å². The Morgan fingerprint density at radius 3 is 2.77 bits per heavy atom. The molecule has 0 aliphatic rings. The summed E-state index contributed by atoms with van der Waals surface area (Å²) in [5.41, 5.74) is 0.159. The molecule has 0 saturated carbocycles. The van der Waals surface area contributed by atoms with Gasteiger partial charge < -0.3 is 10.0 Å². The van der Waals surface area contributed by atoms with E-state index in [1.807, 2.05) is 0 Å². The molecule has 0 atom stereocenters. The molecule has 1 aromatic carbocycles. The molecule has 26 heavy (non-hydrogen) atoms. The summed E-state index contributed by atoms with van der Waals surface area (Å²) in [6, 6.07) is 6.85. The van der Waals surface area contributed by atoms with Gasteiger partial charge in [-0.2, -0.15) is 0 Å². The molecule has 0 saturated heterocycles. The largest absolute Gasteiger partial charge is 0.494 e. The van der Waals surface area contributed by atoms with E-state index in [1.165, 1.54) is 10.8 Å². The summed E-state index contributed by atoms with van der Waals surface area (Å²) in [4.78, 5) is 21.3. The molecule has 1 aromatic heterocycles. The molecule has 0 radical (unpaired) electrons. The molecule has 8 heteroatoms. The fraction of sp³-hybridized carbons (Fsp3) is 0.389. The molecule has 0 bridgehead atoms. The standard InChI is InChI=1S/C18H23ClN4O2S/c1-3-22(4-2)10-6-9-20-12-15-16(24)21-18(26)23(17(15)25)14-8-5-7-13(19)11-14/h5,7-8,11-12,25H,3-4,6,9-10H2,1-2H3,(H,21,24,26). The van der Waals surface area contributed by atoms with E-state index in [2.05, 4.69) is 28.7 Å². The molecule has 2 aromatic rings. The third-order valence-corrected chi connectivity index (χ3v) is 4.58. The maximum Gasteiger partial charge on any atom is 0.264 e. The smallest absolute Gasteiger partial charge is 0.264 e. The van der Waals surface area contributed by atoms with E-state index in [0.717, 1.165) is 26.1 Å². The average Bonchev–Trinajstić information content (AvgIpc) is 2.60. The monoisotopic (exact) mass is 394 g/mol. The number of aromatic nitrogens is 2. The number of halogens is 1. The average molecular weight is 395 g/mol. The van der Waals surface area contributed by atoms with Crippen molar-refractivity contribution in [1.82, 2.24) is 14.5 Å². The lowest BCUT2D eigenvalue weighted by molar-refractivity contribution is 0.302. The number of aliphatic imine (C=N–C) groups is 1. The fourth-order valence-electron chi connectivity index (χ4n) is 2.59. The van der Waals surface area contributed by atoms with Gasteiger partial charge in [0.2, 0.25) is 5.88 Å². The molecule has 2 rings (SSSR count). The van der Waals surface area contributed by atoms with Crippen LogP contribution in [0.3, 0.4) is 0 Å². The lowest BCUT2D eigenvalue weighted by Gasteiger charge is -2.16. The van der Waals surface area contributed by atoms with Crippen LogP contribution in [0.5, 0.6) is 5.88 Å². The summed E-state index contributed by atoms with van der Waals surface area (Å²) in [6.45, 7) is 7.76. The molecular weight excluding hydrogens is 372 g/mol. The summed E-state index contributed by atoms with van der Waals surface area (Å²) in [5, 5.41) is 11.1. The van der Waals surface area contributed by atoms with Gasteiger partial charge in [0, 0.05) is 17.8 Å². The van der Waals surface area contributed by atoms with E-state index in [1.54, 1.807) is 24.3 Å². The van der Waals surface area contributed by atoms with Crippen molar-refractivity contribution >= 4 is 30.0 Å². The molecular formula is C18H23ClN4O2S. The van der Waals surface area contributed by atoms with Gasteiger partial charge in [0.25, 0.3) is 5.56 Å². The van der Waals surface area contributed by atoms with Gasteiger partial charge in [0.15, 0.2) is 4.77 Å². The van der Waals surface area contributed by atoms with Gasteiger partial charge in [0.05, 0.1) is 5.69 Å². The number of aromatic amines is 1. The van der Waals surface area contributed by atoms with Crippen LogP contribution in [0, 0.1) is 4.77 Å². The molecule has 0 spiro atoms. The van der Waals surface area contributed by atoms with Crippen LogP contribution >= 0.6 is 23.8 Å². The molecule has 0 amide bonds. The van der Waals surface area contributed by atoms with Crippen molar-refractivity contribution < 1.29 is 5.11 Å². The van der Waals surface area contributed by atoms with Gasteiger partial charge in [-0.3, -0.25) is 19.3 Å². The predicted octanol–water partition coefficient (Wildman–Crippen LogP) is 3.40. The van der Waals surface area contributed by atoms with Crippen molar-refractivity contribution in [1.29, 1.82) is 0 Å². The Morgan fingerprint density at radius 2 is 2.12 bits per heavy atom. The second kappa shape index (κ2) is 9.66. The Bertz CT molecular complexity index is 887. The first kappa shape index (κ1) is 20.4. The Hall–Kier alpha value is -1.96. The summed E-state index contributed by atoms with van der Waals surface area (Å²) >= 11 is 11.2. The minimum absolute atomic E-state index is 0.0708. The predicted molar refractivity (Wildman–Crippen MR) is 109 cm³/mol. The van der Waals surface area contributed by atoms with Crippen molar-refractivity contribution in [3.63, 3.8) is 0 Å². The first-order chi connectivity index (χ1) is 12.5. The van der Waals surface area contributed by atoms with Gasteiger partial charge in [-0.25, -0.2) is 0 Å². The summed E-state index contributed by atoms with van der Waals surface area (Å²) in [6.07, 6.45) is 2.27. The third kappa shape index (κ3) is 5.03. The highest BCUT2D eigenvalue weighted by molar-refractivity contribution is 7.71. The van der Waals surface area contributed by atoms with E-state index in [-0.39, 0.29) is 16.2 Å². The van der Waals surface area contributed by atoms with Crippen LogP contribution in [0.15, 0.2) is 34.1 Å². The van der Waals surface area contributed by atoms with Crippen LogP contribution in [0.25, 0.3) is 5.69 Å². The molecule has 140 valence electrons. The Balaban J connectivity index is 2.24. The van der Waals surface area contributed by atoms with Crippen LogP contribution < -0.4 is 5.56 Å². The molecule has 1 heterocycles. The first-order valence-electron chi connectivity index (χ1n) is 8.54. The van der Waals surface area contributed by atoms with Crippen molar-refractivity contribution in [2.24, 2.45) is 4.99 Å². The van der Waals surface area contributed by atoms with Gasteiger partial charge in [-0.15, -0.1) is 0 Å². The molecule has 6 nitrogen and oxygen atoms in total. The van der Waals surface area contributed by atoms with E-state index in [9.17, 15) is 9.90 Å². The highest BCUT2D eigenvalue weighted by Crippen LogP contribution is 2.21. The van der Waals surface area contributed by atoms with Crippen molar-refractivity contribution in [2.75, 3.05) is 26.2 Å². The number of aromatic hydroxyl groups is 1. The Morgan fingerprint density at radius 1 is 1.38 bits per heavy atom. The van der Waals surface area contributed by atoms with E-state index >= 15 is 0 Å². The van der Waals surface area contributed by atoms with E-state index in [0.29, 0.717) is 17.3 Å².